The molecule has 0 aliphatic rings. The van der Waals surface area contributed by atoms with Crippen molar-refractivity contribution in [2.45, 2.75) is 33.6 Å². The number of hydrogen-bond acceptors (Lipinski definition) is 3. The molecule has 1 unspecified atom stereocenters. The van der Waals surface area contributed by atoms with Crippen LogP contribution in [0.4, 0.5) is 0 Å². The number of ketones is 1. The molecule has 0 spiro atoms. The topological polar surface area (TPSA) is 40.5 Å². The number of Topliss-reactive ketones (excluding diaryl/α,β-unsaturated/α-hetero) is 1. The van der Waals surface area contributed by atoms with Crippen LogP contribution < -0.4 is 0 Å². The quantitative estimate of drug-likeness (QED) is 0.643. The fourth-order valence-corrected chi connectivity index (χ4v) is 1.25. The predicted octanol–water partition coefficient (Wildman–Crippen LogP) is 1.31. The molecule has 0 saturated heterocycles. The highest BCUT2D eigenvalue weighted by molar-refractivity contribution is 5.82. The fraction of sp³-hybridized carbons (Fsp3) is 0.909. The Bertz CT molecular complexity index is 159. The second-order valence-electron chi connectivity index (χ2n) is 3.72. The van der Waals surface area contributed by atoms with Crippen LogP contribution in [0.1, 0.15) is 33.6 Å². The van der Waals surface area contributed by atoms with E-state index in [0.717, 1.165) is 25.9 Å². The lowest BCUT2D eigenvalue weighted by atomic mass is 10.0. The molecule has 0 radical (unpaired) electrons. The van der Waals surface area contributed by atoms with Crippen molar-refractivity contribution < 1.29 is 9.90 Å². The maximum Gasteiger partial charge on any atom is 0.149 e. The van der Waals surface area contributed by atoms with Crippen molar-refractivity contribution in [1.82, 2.24) is 4.90 Å². The minimum atomic E-state index is 0.165. The Morgan fingerprint density at radius 1 is 1.43 bits per heavy atom. The molecule has 0 aliphatic carbocycles. The van der Waals surface area contributed by atoms with E-state index in [1.807, 2.05) is 20.8 Å². The lowest BCUT2D eigenvalue weighted by Gasteiger charge is -2.20. The van der Waals surface area contributed by atoms with Crippen molar-refractivity contribution >= 4 is 5.78 Å². The van der Waals surface area contributed by atoms with Gasteiger partial charge in [0.05, 0.1) is 6.54 Å². The minimum absolute atomic E-state index is 0.165. The van der Waals surface area contributed by atoms with Crippen LogP contribution in [0.25, 0.3) is 0 Å². The highest BCUT2D eigenvalue weighted by Gasteiger charge is 2.13. The second kappa shape index (κ2) is 7.94. The van der Waals surface area contributed by atoms with Crippen molar-refractivity contribution in [2.24, 2.45) is 5.92 Å². The van der Waals surface area contributed by atoms with Gasteiger partial charge in [-0.15, -0.1) is 0 Å². The van der Waals surface area contributed by atoms with Crippen molar-refractivity contribution in [3.8, 4) is 0 Å². The molecule has 0 aromatic heterocycles. The summed E-state index contributed by atoms with van der Waals surface area (Å²) in [6.07, 6.45) is 1.66. The number of hydrogen-bond donors (Lipinski definition) is 1. The zero-order valence-corrected chi connectivity index (χ0v) is 9.62. The van der Waals surface area contributed by atoms with Crippen LogP contribution in [-0.2, 0) is 4.79 Å². The molecule has 0 saturated carbocycles. The average molecular weight is 201 g/mol. The SMILES string of the molecule is CCC(C)C(=O)CN(CC)CCCO. The number of likely N-dealkylation sites (N-methyl/N-ethyl adjacent to an activating group) is 1. The van der Waals surface area contributed by atoms with Crippen LogP contribution in [-0.4, -0.2) is 42.0 Å². The summed E-state index contributed by atoms with van der Waals surface area (Å²) in [5, 5.41) is 8.69. The van der Waals surface area contributed by atoms with Gasteiger partial charge in [0.1, 0.15) is 5.78 Å². The first-order valence-electron chi connectivity index (χ1n) is 5.51. The smallest absolute Gasteiger partial charge is 0.149 e. The van der Waals surface area contributed by atoms with Crippen LogP contribution in [0.3, 0.4) is 0 Å². The summed E-state index contributed by atoms with van der Waals surface area (Å²) < 4.78 is 0. The van der Waals surface area contributed by atoms with Gasteiger partial charge in [-0.1, -0.05) is 20.8 Å². The number of aliphatic hydroxyl groups is 1. The molecule has 3 heteroatoms. The van der Waals surface area contributed by atoms with Gasteiger partial charge >= 0.3 is 0 Å². The normalized spacial score (nSPS) is 13.2. The van der Waals surface area contributed by atoms with Gasteiger partial charge in [-0.25, -0.2) is 0 Å². The Morgan fingerprint density at radius 2 is 2.07 bits per heavy atom. The van der Waals surface area contributed by atoms with E-state index in [1.165, 1.54) is 0 Å². The zero-order chi connectivity index (χ0) is 11.0. The van der Waals surface area contributed by atoms with Crippen LogP contribution in [0.2, 0.25) is 0 Å². The molecule has 3 nitrogen and oxygen atoms in total. The summed E-state index contributed by atoms with van der Waals surface area (Å²) >= 11 is 0. The molecule has 0 aliphatic heterocycles. The molecule has 84 valence electrons. The first-order valence-corrected chi connectivity index (χ1v) is 5.51. The van der Waals surface area contributed by atoms with Gasteiger partial charge in [0.2, 0.25) is 0 Å². The Hall–Kier alpha value is -0.410. The summed E-state index contributed by atoms with van der Waals surface area (Å²) in [5.41, 5.74) is 0. The third kappa shape index (κ3) is 5.35. The van der Waals surface area contributed by atoms with E-state index in [4.69, 9.17) is 5.11 Å². The fourth-order valence-electron chi connectivity index (χ4n) is 1.25. The number of aliphatic hydroxyl groups excluding tert-OH is 1. The molecule has 0 aromatic rings. The van der Waals surface area contributed by atoms with E-state index in [2.05, 4.69) is 4.90 Å². The first kappa shape index (κ1) is 13.6. The van der Waals surface area contributed by atoms with E-state index in [1.54, 1.807) is 0 Å². The van der Waals surface area contributed by atoms with Crippen LogP contribution >= 0.6 is 0 Å². The highest BCUT2D eigenvalue weighted by atomic mass is 16.3. The van der Waals surface area contributed by atoms with Crippen molar-refractivity contribution in [1.29, 1.82) is 0 Å². The molecule has 0 aromatic carbocycles. The van der Waals surface area contributed by atoms with Gasteiger partial charge in [-0.3, -0.25) is 9.69 Å². The van der Waals surface area contributed by atoms with Gasteiger partial charge < -0.3 is 5.11 Å². The van der Waals surface area contributed by atoms with E-state index in [-0.39, 0.29) is 12.5 Å². The van der Waals surface area contributed by atoms with Crippen LogP contribution in [0.5, 0.6) is 0 Å². The molecule has 0 heterocycles. The Balaban J connectivity index is 3.85. The standard InChI is InChI=1S/C11H23NO2/c1-4-10(3)11(14)9-12(5-2)7-6-8-13/h10,13H,4-9H2,1-3H3. The number of nitrogens with zero attached hydrogens (tertiary/aromatic N) is 1. The van der Waals surface area contributed by atoms with Gasteiger partial charge in [0, 0.05) is 19.1 Å². The monoisotopic (exact) mass is 201 g/mol. The summed E-state index contributed by atoms with van der Waals surface area (Å²) in [7, 11) is 0. The predicted molar refractivity (Wildman–Crippen MR) is 58.3 cm³/mol. The van der Waals surface area contributed by atoms with Gasteiger partial charge in [-0.05, 0) is 19.4 Å². The van der Waals surface area contributed by atoms with Gasteiger partial charge in [-0.2, -0.15) is 0 Å². The molecule has 1 atom stereocenters. The Labute approximate surface area is 87.1 Å². The summed E-state index contributed by atoms with van der Waals surface area (Å²) in [4.78, 5) is 13.7. The van der Waals surface area contributed by atoms with Crippen molar-refractivity contribution in [3.63, 3.8) is 0 Å². The number of carbonyl (C=O) groups is 1. The molecular weight excluding hydrogens is 178 g/mol. The second-order valence-corrected chi connectivity index (χ2v) is 3.72. The van der Waals surface area contributed by atoms with E-state index in [0.29, 0.717) is 12.3 Å². The van der Waals surface area contributed by atoms with Gasteiger partial charge in [0.25, 0.3) is 0 Å². The van der Waals surface area contributed by atoms with E-state index >= 15 is 0 Å². The maximum absolute atomic E-state index is 11.6. The molecule has 0 amide bonds. The molecular formula is C11H23NO2. The highest BCUT2D eigenvalue weighted by Crippen LogP contribution is 2.04. The lowest BCUT2D eigenvalue weighted by Crippen LogP contribution is -2.33. The lowest BCUT2D eigenvalue weighted by molar-refractivity contribution is -0.123. The Morgan fingerprint density at radius 3 is 2.50 bits per heavy atom. The molecule has 0 rings (SSSR count). The maximum atomic E-state index is 11.6. The molecule has 0 bridgehead atoms. The van der Waals surface area contributed by atoms with E-state index in [9.17, 15) is 4.79 Å². The van der Waals surface area contributed by atoms with Crippen LogP contribution in [0.15, 0.2) is 0 Å². The third-order valence-electron chi connectivity index (χ3n) is 2.62. The molecule has 0 fully saturated rings. The van der Waals surface area contributed by atoms with Crippen molar-refractivity contribution in [2.75, 3.05) is 26.2 Å². The van der Waals surface area contributed by atoms with E-state index < -0.39 is 0 Å². The molecule has 1 N–H and O–H groups in total. The summed E-state index contributed by atoms with van der Waals surface area (Å²) in [5.74, 6) is 0.477. The zero-order valence-electron chi connectivity index (χ0n) is 9.62. The summed E-state index contributed by atoms with van der Waals surface area (Å²) in [6, 6.07) is 0. The minimum Gasteiger partial charge on any atom is -0.396 e. The third-order valence-corrected chi connectivity index (χ3v) is 2.62. The Kier molecular flexibility index (Phi) is 7.71. The largest absolute Gasteiger partial charge is 0.396 e. The first-order chi connectivity index (χ1) is 6.65. The van der Waals surface area contributed by atoms with Gasteiger partial charge in [0.15, 0.2) is 0 Å². The number of carbonyl (C=O) groups excluding carboxylic acids is 1. The van der Waals surface area contributed by atoms with Crippen LogP contribution in [0, 0.1) is 5.92 Å². The number of rotatable bonds is 8. The average Bonchev–Trinajstić information content (AvgIpc) is 2.22. The summed E-state index contributed by atoms with van der Waals surface area (Å²) in [6.45, 7) is 8.48. The molecule has 14 heavy (non-hydrogen) atoms. The van der Waals surface area contributed by atoms with Crippen molar-refractivity contribution in [3.05, 3.63) is 0 Å².